The molecule has 1 N–H and O–H groups in total. The van der Waals surface area contributed by atoms with Crippen LogP contribution in [0.1, 0.15) is 25.0 Å². The monoisotopic (exact) mass is 446 g/mol. The molecular formula is C24H31FN2O5. The van der Waals surface area contributed by atoms with Crippen LogP contribution >= 0.6 is 0 Å². The minimum atomic E-state index is -0.246. The van der Waals surface area contributed by atoms with Crippen LogP contribution in [0.3, 0.4) is 0 Å². The Morgan fingerprint density at radius 2 is 1.66 bits per heavy atom. The number of hydrogen-bond donors (Lipinski definition) is 1. The number of hydrogen-bond acceptors (Lipinski definition) is 6. The normalized spacial score (nSPS) is 19.0. The van der Waals surface area contributed by atoms with Crippen LogP contribution in [0, 0.1) is 5.82 Å². The van der Waals surface area contributed by atoms with Crippen LogP contribution in [0.15, 0.2) is 36.4 Å². The quantitative estimate of drug-likeness (QED) is 0.673. The van der Waals surface area contributed by atoms with E-state index in [0.717, 1.165) is 5.56 Å². The molecule has 0 aliphatic carbocycles. The molecule has 8 heteroatoms. The van der Waals surface area contributed by atoms with Gasteiger partial charge in [-0.25, -0.2) is 4.39 Å². The zero-order valence-electron chi connectivity index (χ0n) is 19.0. The number of carbonyl (C=O) groups excluding carboxylic acids is 1. The predicted octanol–water partition coefficient (Wildman–Crippen LogP) is 2.84. The van der Waals surface area contributed by atoms with E-state index in [2.05, 4.69) is 11.8 Å². The van der Waals surface area contributed by atoms with E-state index in [1.807, 2.05) is 11.8 Å². The molecule has 0 aromatic heterocycles. The molecule has 174 valence electrons. The van der Waals surface area contributed by atoms with Gasteiger partial charge in [-0.1, -0.05) is 12.1 Å². The molecule has 1 aliphatic heterocycles. The second-order valence-corrected chi connectivity index (χ2v) is 8.08. The van der Waals surface area contributed by atoms with Crippen LogP contribution in [0.2, 0.25) is 0 Å². The Balaban J connectivity index is 1.63. The molecule has 7 nitrogen and oxygen atoms in total. The van der Waals surface area contributed by atoms with Crippen LogP contribution in [0.25, 0.3) is 0 Å². The Morgan fingerprint density at radius 1 is 1.03 bits per heavy atom. The highest BCUT2D eigenvalue weighted by molar-refractivity contribution is 5.78. The first-order valence-electron chi connectivity index (χ1n) is 10.6. The van der Waals surface area contributed by atoms with E-state index in [9.17, 15) is 14.3 Å². The van der Waals surface area contributed by atoms with E-state index in [1.54, 1.807) is 24.3 Å². The summed E-state index contributed by atoms with van der Waals surface area (Å²) in [5.74, 6) is 0.751. The van der Waals surface area contributed by atoms with Gasteiger partial charge in [0, 0.05) is 31.7 Å². The van der Waals surface area contributed by atoms with Crippen molar-refractivity contribution in [1.29, 1.82) is 0 Å². The zero-order chi connectivity index (χ0) is 23.3. The van der Waals surface area contributed by atoms with E-state index in [4.69, 9.17) is 14.2 Å². The van der Waals surface area contributed by atoms with E-state index in [-0.39, 0.29) is 37.0 Å². The van der Waals surface area contributed by atoms with Gasteiger partial charge in [-0.05, 0) is 49.2 Å². The molecule has 1 aliphatic rings. The molecule has 2 aromatic rings. The average Bonchev–Trinajstić information content (AvgIpc) is 2.80. The van der Waals surface area contributed by atoms with Crippen LogP contribution < -0.4 is 14.2 Å². The van der Waals surface area contributed by atoms with Crippen molar-refractivity contribution in [3.05, 3.63) is 53.3 Å². The van der Waals surface area contributed by atoms with Crippen molar-refractivity contribution >= 4 is 5.91 Å². The van der Waals surface area contributed by atoms with Gasteiger partial charge in [0.25, 0.3) is 5.91 Å². The maximum absolute atomic E-state index is 13.2. The molecule has 32 heavy (non-hydrogen) atoms. The highest BCUT2D eigenvalue weighted by Gasteiger charge is 2.32. The van der Waals surface area contributed by atoms with Gasteiger partial charge in [-0.3, -0.25) is 9.69 Å². The van der Waals surface area contributed by atoms with Gasteiger partial charge in [-0.15, -0.1) is 0 Å². The Labute approximate surface area is 188 Å². The molecule has 3 rings (SSSR count). The van der Waals surface area contributed by atoms with Crippen LogP contribution in [0.4, 0.5) is 4.39 Å². The number of amides is 1. The first-order chi connectivity index (χ1) is 15.4. The molecule has 0 saturated carbocycles. The number of carbonyl (C=O) groups is 1. The number of rotatable bonds is 8. The lowest BCUT2D eigenvalue weighted by atomic mass is 10.1. The second-order valence-electron chi connectivity index (χ2n) is 8.08. The number of halogens is 1. The summed E-state index contributed by atoms with van der Waals surface area (Å²) >= 11 is 0. The zero-order valence-corrected chi connectivity index (χ0v) is 19.0. The van der Waals surface area contributed by atoms with Gasteiger partial charge < -0.3 is 24.2 Å². The summed E-state index contributed by atoms with van der Waals surface area (Å²) in [4.78, 5) is 17.1. The summed E-state index contributed by atoms with van der Waals surface area (Å²) in [5.41, 5.74) is 1.66. The minimum absolute atomic E-state index is 0.00306. The van der Waals surface area contributed by atoms with Gasteiger partial charge in [0.1, 0.15) is 5.82 Å². The fourth-order valence-electron chi connectivity index (χ4n) is 3.97. The van der Waals surface area contributed by atoms with Gasteiger partial charge in [0.15, 0.2) is 18.1 Å². The number of benzene rings is 2. The molecule has 2 aromatic carbocycles. The molecule has 0 radical (unpaired) electrons. The molecule has 1 amide bonds. The van der Waals surface area contributed by atoms with Crippen molar-refractivity contribution in [2.45, 2.75) is 39.1 Å². The first-order valence-corrected chi connectivity index (χ1v) is 10.6. The van der Waals surface area contributed by atoms with E-state index < -0.39 is 0 Å². The van der Waals surface area contributed by atoms with Gasteiger partial charge in [0.05, 0.1) is 20.8 Å². The van der Waals surface area contributed by atoms with Crippen molar-refractivity contribution in [2.24, 2.45) is 0 Å². The maximum atomic E-state index is 13.2. The van der Waals surface area contributed by atoms with Crippen LogP contribution in [-0.2, 0) is 17.9 Å². The lowest BCUT2D eigenvalue weighted by Gasteiger charge is -2.44. The number of methoxy groups -OCH3 is 2. The van der Waals surface area contributed by atoms with E-state index in [1.165, 1.54) is 26.4 Å². The molecule has 2 atom stereocenters. The predicted molar refractivity (Wildman–Crippen MR) is 118 cm³/mol. The molecule has 1 fully saturated rings. The summed E-state index contributed by atoms with van der Waals surface area (Å²) in [5, 5.41) is 9.40. The lowest BCUT2D eigenvalue weighted by Crippen LogP contribution is -2.58. The van der Waals surface area contributed by atoms with E-state index >= 15 is 0 Å². The second kappa shape index (κ2) is 10.7. The number of ether oxygens (including phenoxy) is 3. The number of aliphatic hydroxyl groups excluding tert-OH is 1. The number of aliphatic hydroxyl groups is 1. The molecule has 0 bridgehead atoms. The highest BCUT2D eigenvalue weighted by atomic mass is 19.1. The first kappa shape index (κ1) is 23.8. The smallest absolute Gasteiger partial charge is 0.260 e. The van der Waals surface area contributed by atoms with Crippen molar-refractivity contribution in [3.63, 3.8) is 0 Å². The van der Waals surface area contributed by atoms with Crippen molar-refractivity contribution in [3.8, 4) is 17.2 Å². The molecule has 1 heterocycles. The maximum Gasteiger partial charge on any atom is 0.260 e. The largest absolute Gasteiger partial charge is 0.493 e. The number of nitrogens with zero attached hydrogens (tertiary/aromatic N) is 2. The van der Waals surface area contributed by atoms with Crippen molar-refractivity contribution in [1.82, 2.24) is 9.80 Å². The van der Waals surface area contributed by atoms with Gasteiger partial charge in [0.2, 0.25) is 5.75 Å². The average molecular weight is 447 g/mol. The summed E-state index contributed by atoms with van der Waals surface area (Å²) < 4.78 is 29.7. The highest BCUT2D eigenvalue weighted by Crippen LogP contribution is 2.38. The standard InChI is InChI=1S/C24H31FN2O5/c1-16-12-27(17(2)11-26(16)13-18-5-7-20(25)8-6-18)23(29)15-32-24-21(30-3)9-19(14-28)10-22(24)31-4/h5-10,16-17,28H,11-15H2,1-4H3. The van der Waals surface area contributed by atoms with Gasteiger partial charge >= 0.3 is 0 Å². The number of piperazine rings is 1. The SMILES string of the molecule is COc1cc(CO)cc(OC)c1OCC(=O)N1CC(C)N(Cc2ccc(F)cc2)CC1C. The molecule has 0 spiro atoms. The van der Waals surface area contributed by atoms with Crippen LogP contribution in [-0.4, -0.2) is 66.8 Å². The van der Waals surface area contributed by atoms with Crippen LogP contribution in [0.5, 0.6) is 17.2 Å². The third-order valence-electron chi connectivity index (χ3n) is 5.78. The van der Waals surface area contributed by atoms with E-state index in [0.29, 0.717) is 42.4 Å². The lowest BCUT2D eigenvalue weighted by molar-refractivity contribution is -0.139. The summed E-state index contributed by atoms with van der Waals surface area (Å²) in [6.07, 6.45) is 0. The third-order valence-corrected chi connectivity index (χ3v) is 5.78. The summed E-state index contributed by atoms with van der Waals surface area (Å²) in [6.45, 7) is 5.76. The fourth-order valence-corrected chi connectivity index (χ4v) is 3.97. The van der Waals surface area contributed by atoms with Gasteiger partial charge in [-0.2, -0.15) is 0 Å². The Morgan fingerprint density at radius 3 is 2.22 bits per heavy atom. The molecular weight excluding hydrogens is 415 g/mol. The summed E-state index contributed by atoms with van der Waals surface area (Å²) in [7, 11) is 2.99. The summed E-state index contributed by atoms with van der Waals surface area (Å²) in [6, 6.07) is 9.98. The Bertz CT molecular complexity index is 896. The topological polar surface area (TPSA) is 71.5 Å². The molecule has 2 unspecified atom stereocenters. The van der Waals surface area contributed by atoms with Crippen molar-refractivity contribution < 1.29 is 28.5 Å². The Kier molecular flexibility index (Phi) is 7.93. The fraction of sp³-hybridized carbons (Fsp3) is 0.458. The van der Waals surface area contributed by atoms with Crippen molar-refractivity contribution in [2.75, 3.05) is 33.9 Å². The third kappa shape index (κ3) is 5.49. The Hall–Kier alpha value is -2.84. The minimum Gasteiger partial charge on any atom is -0.493 e. The molecule has 1 saturated heterocycles.